The highest BCUT2D eigenvalue weighted by Gasteiger charge is 2.68. The van der Waals surface area contributed by atoms with E-state index < -0.39 is 11.0 Å². The lowest BCUT2D eigenvalue weighted by Gasteiger charge is -2.60. The van der Waals surface area contributed by atoms with Crippen molar-refractivity contribution in [2.75, 3.05) is 13.1 Å². The third-order valence-corrected chi connectivity index (χ3v) is 11.1. The molecule has 5 rings (SSSR count). The number of esters is 1. The lowest BCUT2D eigenvalue weighted by atomic mass is 9.52. The number of fused-ring (bicyclic) bond motifs is 1. The molecule has 5 heteroatoms. The number of carbonyl (C=O) groups excluding carboxylic acids is 1. The minimum absolute atomic E-state index is 0.0488. The van der Waals surface area contributed by atoms with Gasteiger partial charge in [-0.1, -0.05) is 82.9 Å². The topological polar surface area (TPSA) is 59.0 Å². The van der Waals surface area contributed by atoms with Crippen LogP contribution in [-0.4, -0.2) is 46.8 Å². The Morgan fingerprint density at radius 2 is 1.76 bits per heavy atom. The molecule has 1 aromatic rings. The highest BCUT2D eigenvalue weighted by molar-refractivity contribution is 5.75. The Kier molecular flexibility index (Phi) is 11.7. The number of nitrogens with zero attached hydrogens (tertiary/aromatic N) is 1. The van der Waals surface area contributed by atoms with Gasteiger partial charge < -0.3 is 14.6 Å². The Hall–Kier alpha value is -2.37. The van der Waals surface area contributed by atoms with Crippen molar-refractivity contribution in [3.63, 3.8) is 0 Å². The van der Waals surface area contributed by atoms with Crippen LogP contribution in [0, 0.1) is 5.92 Å². The number of hydrogen-bond donors (Lipinski definition) is 1. The quantitative estimate of drug-likeness (QED) is 0.0726. The van der Waals surface area contributed by atoms with Crippen molar-refractivity contribution in [1.82, 2.24) is 4.90 Å². The molecule has 4 atom stereocenters. The number of benzene rings is 1. The molecule has 0 amide bonds. The van der Waals surface area contributed by atoms with Crippen LogP contribution < -0.4 is 9.47 Å². The van der Waals surface area contributed by atoms with Crippen LogP contribution in [0.4, 0.5) is 0 Å². The van der Waals surface area contributed by atoms with Gasteiger partial charge in [0.25, 0.3) is 0 Å². The summed E-state index contributed by atoms with van der Waals surface area (Å²) in [4.78, 5) is 15.5. The smallest absolute Gasteiger partial charge is 0.311 e. The summed E-state index contributed by atoms with van der Waals surface area (Å²) in [6, 6.07) is 4.10. The number of allylic oxidation sites excluding steroid dienone is 4. The van der Waals surface area contributed by atoms with Crippen LogP contribution in [-0.2, 0) is 16.6 Å². The zero-order valence-electron chi connectivity index (χ0n) is 28.5. The molecule has 1 saturated heterocycles. The van der Waals surface area contributed by atoms with E-state index >= 15 is 0 Å². The van der Waals surface area contributed by atoms with Crippen LogP contribution in [0.2, 0.25) is 0 Å². The van der Waals surface area contributed by atoms with Crippen LogP contribution in [0.5, 0.6) is 11.5 Å². The summed E-state index contributed by atoms with van der Waals surface area (Å²) in [6.45, 7) is 12.8. The molecule has 2 heterocycles. The summed E-state index contributed by atoms with van der Waals surface area (Å²) in [6.07, 6.45) is 27.0. The van der Waals surface area contributed by atoms with Gasteiger partial charge in [0.1, 0.15) is 6.10 Å². The van der Waals surface area contributed by atoms with E-state index in [0.29, 0.717) is 17.9 Å². The third-order valence-electron chi connectivity index (χ3n) is 11.1. The zero-order valence-corrected chi connectivity index (χ0v) is 28.5. The molecule has 1 N–H and O–H groups in total. The van der Waals surface area contributed by atoms with Gasteiger partial charge in [-0.3, -0.25) is 9.69 Å². The molecule has 248 valence electrons. The molecule has 2 bridgehead atoms. The second-order valence-electron chi connectivity index (χ2n) is 14.4. The van der Waals surface area contributed by atoms with E-state index in [1.165, 1.54) is 56.9 Å². The summed E-state index contributed by atoms with van der Waals surface area (Å²) in [5.41, 5.74) is 1.75. The molecule has 1 unspecified atom stereocenters. The minimum Gasteiger partial charge on any atom is -0.481 e. The van der Waals surface area contributed by atoms with Crippen LogP contribution >= 0.6 is 0 Å². The number of ether oxygens (including phenoxy) is 2. The van der Waals surface area contributed by atoms with Crippen molar-refractivity contribution in [2.24, 2.45) is 5.92 Å². The average molecular weight is 618 g/mol. The van der Waals surface area contributed by atoms with Crippen molar-refractivity contribution in [3.8, 4) is 11.5 Å². The van der Waals surface area contributed by atoms with Crippen LogP contribution in [0.25, 0.3) is 0 Å². The lowest BCUT2D eigenvalue weighted by Crippen LogP contribution is -2.73. The number of unbranched alkanes of at least 4 members (excludes halogenated alkanes) is 8. The van der Waals surface area contributed by atoms with Gasteiger partial charge in [0, 0.05) is 24.6 Å². The third kappa shape index (κ3) is 7.46. The number of carbonyl (C=O) groups is 1. The first kappa shape index (κ1) is 34.0. The molecule has 4 aliphatic rings. The minimum atomic E-state index is -0.968. The molecule has 5 nitrogen and oxygen atoms in total. The maximum Gasteiger partial charge on any atom is 0.311 e. The SMILES string of the molecule is C=C(CC)[C@@H]1Oc2c(OC(=O)CCCCCCC/C=C\C/C=C\CCCCC)ccc3c2[C@@]12CCN(CC1CC1)C(C3)[C@@]2(C)O. The Morgan fingerprint density at radius 3 is 2.47 bits per heavy atom. The normalized spacial score (nSPS) is 27.2. The van der Waals surface area contributed by atoms with Gasteiger partial charge in [-0.25, -0.2) is 0 Å². The zero-order chi connectivity index (χ0) is 31.9. The summed E-state index contributed by atoms with van der Waals surface area (Å²) < 4.78 is 12.7. The van der Waals surface area contributed by atoms with Gasteiger partial charge in [0.05, 0.1) is 11.0 Å². The fourth-order valence-corrected chi connectivity index (χ4v) is 8.23. The highest BCUT2D eigenvalue weighted by atomic mass is 16.6. The van der Waals surface area contributed by atoms with Gasteiger partial charge in [-0.15, -0.1) is 0 Å². The number of aliphatic hydroxyl groups is 1. The fraction of sp³-hybridized carbons (Fsp3) is 0.675. The van der Waals surface area contributed by atoms with Crippen molar-refractivity contribution in [3.05, 3.63) is 59.7 Å². The van der Waals surface area contributed by atoms with E-state index in [2.05, 4.69) is 55.7 Å². The molecule has 2 aliphatic carbocycles. The number of hydrogen-bond acceptors (Lipinski definition) is 5. The Labute approximate surface area is 273 Å². The molecule has 0 aromatic heterocycles. The van der Waals surface area contributed by atoms with Gasteiger partial charge in [0.15, 0.2) is 11.5 Å². The van der Waals surface area contributed by atoms with Crippen molar-refractivity contribution in [1.29, 1.82) is 0 Å². The van der Waals surface area contributed by atoms with Gasteiger partial charge >= 0.3 is 5.97 Å². The summed E-state index contributed by atoms with van der Waals surface area (Å²) in [7, 11) is 0. The first-order chi connectivity index (χ1) is 21.8. The largest absolute Gasteiger partial charge is 0.481 e. The van der Waals surface area contributed by atoms with Crippen molar-refractivity contribution in [2.45, 2.75) is 153 Å². The van der Waals surface area contributed by atoms with E-state index in [4.69, 9.17) is 9.47 Å². The first-order valence-corrected chi connectivity index (χ1v) is 18.3. The van der Waals surface area contributed by atoms with E-state index in [1.54, 1.807) is 0 Å². The fourth-order valence-electron chi connectivity index (χ4n) is 8.23. The molecule has 2 fully saturated rings. The molecule has 45 heavy (non-hydrogen) atoms. The standard InChI is InChI=1S/C40H59NO4/c1-5-7-8-9-10-11-12-13-14-15-16-17-18-19-20-21-35(42)44-33-25-24-32-28-34-39(4,43)40(26-27-41(34)29-31-22-23-31)36(32)37(33)45-38(40)30(3)6-2/h10-11,13-14,24-25,31,34,38,43H,3,5-9,12,15-23,26-29H2,1-2,4H3/b11-10-,14-13-/t34?,38-,39+,40-/m0/s1. The van der Waals surface area contributed by atoms with Crippen molar-refractivity contribution < 1.29 is 19.4 Å². The number of rotatable bonds is 19. The monoisotopic (exact) mass is 617 g/mol. The summed E-state index contributed by atoms with van der Waals surface area (Å²) in [5.74, 6) is 1.73. The summed E-state index contributed by atoms with van der Waals surface area (Å²) in [5, 5.41) is 12.4. The predicted molar refractivity (Wildman–Crippen MR) is 184 cm³/mol. The summed E-state index contributed by atoms with van der Waals surface area (Å²) >= 11 is 0. The first-order valence-electron chi connectivity index (χ1n) is 18.3. The molecule has 1 spiro atoms. The predicted octanol–water partition coefficient (Wildman–Crippen LogP) is 9.16. The molecular formula is C40H59NO4. The molecule has 1 saturated carbocycles. The molecule has 2 aliphatic heterocycles. The molecule has 0 radical (unpaired) electrons. The maximum atomic E-state index is 13.0. The number of piperidine rings is 1. The Morgan fingerprint density at radius 1 is 1.04 bits per heavy atom. The average Bonchev–Trinajstić information content (AvgIpc) is 3.77. The van der Waals surface area contributed by atoms with Gasteiger partial charge in [-0.05, 0) is 107 Å². The van der Waals surface area contributed by atoms with Gasteiger partial charge in [0.2, 0.25) is 0 Å². The number of likely N-dealkylation sites (tertiary alicyclic amines) is 1. The van der Waals surface area contributed by atoms with Crippen LogP contribution in [0.15, 0.2) is 48.6 Å². The van der Waals surface area contributed by atoms with E-state index in [0.717, 1.165) is 81.5 Å². The van der Waals surface area contributed by atoms with Gasteiger partial charge in [-0.2, -0.15) is 0 Å². The van der Waals surface area contributed by atoms with E-state index in [9.17, 15) is 9.90 Å². The second kappa shape index (κ2) is 15.5. The highest BCUT2D eigenvalue weighted by Crippen LogP contribution is 2.63. The molecular weight excluding hydrogens is 558 g/mol. The Balaban J connectivity index is 1.12. The second-order valence-corrected chi connectivity index (χ2v) is 14.4. The molecule has 1 aromatic carbocycles. The lowest BCUT2D eigenvalue weighted by molar-refractivity contribution is -0.149. The van der Waals surface area contributed by atoms with Crippen LogP contribution in [0.3, 0.4) is 0 Å². The van der Waals surface area contributed by atoms with E-state index in [-0.39, 0.29) is 18.1 Å². The maximum absolute atomic E-state index is 13.0. The van der Waals surface area contributed by atoms with Crippen LogP contribution in [0.1, 0.15) is 135 Å². The van der Waals surface area contributed by atoms with E-state index in [1.807, 2.05) is 13.0 Å². The van der Waals surface area contributed by atoms with Crippen molar-refractivity contribution >= 4 is 5.97 Å². The Bertz CT molecular complexity index is 1230.